The summed E-state index contributed by atoms with van der Waals surface area (Å²) >= 11 is 2.92. The molecule has 24 heavy (non-hydrogen) atoms. The zero-order chi connectivity index (χ0) is 17.2. The predicted molar refractivity (Wildman–Crippen MR) is 102 cm³/mol. The van der Waals surface area contributed by atoms with E-state index < -0.39 is 0 Å². The van der Waals surface area contributed by atoms with E-state index in [1.165, 1.54) is 28.7 Å². The fourth-order valence-electron chi connectivity index (χ4n) is 2.25. The highest BCUT2D eigenvalue weighted by molar-refractivity contribution is 8.01. The highest BCUT2D eigenvalue weighted by atomic mass is 32.2. The van der Waals surface area contributed by atoms with Gasteiger partial charge in [-0.1, -0.05) is 66.8 Å². The molecule has 0 bridgehead atoms. The van der Waals surface area contributed by atoms with E-state index in [0.29, 0.717) is 5.75 Å². The van der Waals surface area contributed by atoms with E-state index in [4.69, 9.17) is 0 Å². The highest BCUT2D eigenvalue weighted by Crippen LogP contribution is 2.25. The molecule has 0 radical (unpaired) electrons. The average molecular weight is 365 g/mol. The summed E-state index contributed by atoms with van der Waals surface area (Å²) in [6.45, 7) is 4.97. The van der Waals surface area contributed by atoms with Gasteiger partial charge in [-0.05, 0) is 25.3 Å². The van der Waals surface area contributed by atoms with Crippen molar-refractivity contribution < 1.29 is 4.79 Å². The van der Waals surface area contributed by atoms with Crippen LogP contribution in [0, 0.1) is 0 Å². The Morgan fingerprint density at radius 3 is 2.83 bits per heavy atom. The topological polar surface area (TPSA) is 66.9 Å². The van der Waals surface area contributed by atoms with Crippen LogP contribution in [-0.4, -0.2) is 34.4 Å². The Labute approximate surface area is 151 Å². The lowest BCUT2D eigenvalue weighted by atomic mass is 10.2. The van der Waals surface area contributed by atoms with Crippen LogP contribution in [0.4, 0.5) is 5.13 Å². The van der Waals surface area contributed by atoms with Gasteiger partial charge in [0.05, 0.1) is 5.75 Å². The third-order valence-corrected chi connectivity index (χ3v) is 5.41. The van der Waals surface area contributed by atoms with Crippen LogP contribution in [0.15, 0.2) is 34.7 Å². The standard InChI is InChI=1S/C17H24N4OS2/c1-3-7-13(2)19-15(22)12-23-17-21-20-16(24-17)18-11-10-14-8-5-4-6-9-14/h4-6,8-9,13H,3,7,10-12H2,1-2H3,(H,18,20)(H,19,22). The first-order valence-corrected chi connectivity index (χ1v) is 10.0. The third-order valence-electron chi connectivity index (χ3n) is 3.39. The smallest absolute Gasteiger partial charge is 0.230 e. The summed E-state index contributed by atoms with van der Waals surface area (Å²) in [6.07, 6.45) is 3.02. The van der Waals surface area contributed by atoms with E-state index in [0.717, 1.165) is 35.3 Å². The van der Waals surface area contributed by atoms with E-state index in [1.807, 2.05) is 25.1 Å². The second-order valence-corrected chi connectivity index (χ2v) is 7.78. The molecule has 2 aromatic rings. The van der Waals surface area contributed by atoms with Gasteiger partial charge >= 0.3 is 0 Å². The summed E-state index contributed by atoms with van der Waals surface area (Å²) < 4.78 is 0.815. The highest BCUT2D eigenvalue weighted by Gasteiger charge is 2.10. The van der Waals surface area contributed by atoms with Crippen LogP contribution in [0.25, 0.3) is 0 Å². The number of hydrogen-bond donors (Lipinski definition) is 2. The van der Waals surface area contributed by atoms with Crippen molar-refractivity contribution in [3.05, 3.63) is 35.9 Å². The fraction of sp³-hybridized carbons (Fsp3) is 0.471. The molecule has 0 fully saturated rings. The Morgan fingerprint density at radius 2 is 2.08 bits per heavy atom. The minimum absolute atomic E-state index is 0.0507. The van der Waals surface area contributed by atoms with Crippen LogP contribution in [0.3, 0.4) is 0 Å². The molecule has 0 aliphatic heterocycles. The molecule has 1 heterocycles. The number of thioether (sulfide) groups is 1. The van der Waals surface area contributed by atoms with Crippen LogP contribution in [0.5, 0.6) is 0 Å². The molecule has 0 spiro atoms. The normalized spacial score (nSPS) is 11.9. The minimum atomic E-state index is 0.0507. The van der Waals surface area contributed by atoms with Crippen LogP contribution < -0.4 is 10.6 Å². The molecule has 1 amide bonds. The van der Waals surface area contributed by atoms with Crippen molar-refractivity contribution in [3.63, 3.8) is 0 Å². The van der Waals surface area contributed by atoms with Crippen molar-refractivity contribution in [2.45, 2.75) is 43.5 Å². The molecule has 1 aromatic carbocycles. The lowest BCUT2D eigenvalue weighted by Gasteiger charge is -2.11. The van der Waals surface area contributed by atoms with Crippen molar-refractivity contribution in [2.24, 2.45) is 0 Å². The molecular formula is C17H24N4OS2. The fourth-order valence-corrected chi connectivity index (χ4v) is 3.84. The molecule has 1 atom stereocenters. The van der Waals surface area contributed by atoms with E-state index in [9.17, 15) is 4.79 Å². The molecule has 5 nitrogen and oxygen atoms in total. The Morgan fingerprint density at radius 1 is 1.29 bits per heavy atom. The second kappa shape index (κ2) is 10.3. The number of carbonyl (C=O) groups excluding carboxylic acids is 1. The maximum Gasteiger partial charge on any atom is 0.230 e. The van der Waals surface area contributed by atoms with Gasteiger partial charge in [-0.25, -0.2) is 0 Å². The largest absolute Gasteiger partial charge is 0.360 e. The molecule has 7 heteroatoms. The Kier molecular flexibility index (Phi) is 8.04. The molecule has 0 saturated heterocycles. The molecule has 0 saturated carbocycles. The van der Waals surface area contributed by atoms with E-state index in [2.05, 4.69) is 39.9 Å². The summed E-state index contributed by atoms with van der Waals surface area (Å²) in [5.74, 6) is 0.432. The Hall–Kier alpha value is -1.60. The lowest BCUT2D eigenvalue weighted by molar-refractivity contribution is -0.119. The first-order valence-electron chi connectivity index (χ1n) is 8.21. The number of aromatic nitrogens is 2. The molecular weight excluding hydrogens is 340 g/mol. The monoisotopic (exact) mass is 364 g/mol. The summed E-state index contributed by atoms with van der Waals surface area (Å²) in [6, 6.07) is 10.6. The van der Waals surface area contributed by atoms with Crippen molar-refractivity contribution in [1.29, 1.82) is 0 Å². The minimum Gasteiger partial charge on any atom is -0.360 e. The average Bonchev–Trinajstić information content (AvgIpc) is 3.02. The third kappa shape index (κ3) is 6.88. The predicted octanol–water partition coefficient (Wildman–Crippen LogP) is 3.59. The van der Waals surface area contributed by atoms with Crippen molar-refractivity contribution in [3.8, 4) is 0 Å². The Balaban J connectivity index is 1.68. The van der Waals surface area contributed by atoms with E-state index >= 15 is 0 Å². The summed E-state index contributed by atoms with van der Waals surface area (Å²) in [5, 5.41) is 15.3. The van der Waals surface area contributed by atoms with Crippen LogP contribution in [-0.2, 0) is 11.2 Å². The van der Waals surface area contributed by atoms with Gasteiger partial charge in [0, 0.05) is 12.6 Å². The quantitative estimate of drug-likeness (QED) is 0.631. The van der Waals surface area contributed by atoms with Gasteiger partial charge in [0.15, 0.2) is 4.34 Å². The Bertz CT molecular complexity index is 618. The molecule has 0 aliphatic rings. The van der Waals surface area contributed by atoms with Crippen molar-refractivity contribution in [1.82, 2.24) is 15.5 Å². The van der Waals surface area contributed by atoms with Crippen LogP contribution in [0.2, 0.25) is 0 Å². The number of carbonyl (C=O) groups is 1. The number of anilines is 1. The van der Waals surface area contributed by atoms with Gasteiger partial charge in [-0.15, -0.1) is 10.2 Å². The van der Waals surface area contributed by atoms with Crippen LogP contribution in [0.1, 0.15) is 32.3 Å². The number of hydrogen-bond acceptors (Lipinski definition) is 6. The molecule has 2 rings (SSSR count). The number of nitrogens with one attached hydrogen (secondary N) is 2. The maximum atomic E-state index is 11.8. The number of rotatable bonds is 10. The summed E-state index contributed by atoms with van der Waals surface area (Å²) in [7, 11) is 0. The van der Waals surface area contributed by atoms with Crippen molar-refractivity contribution in [2.75, 3.05) is 17.6 Å². The SMILES string of the molecule is CCCC(C)NC(=O)CSc1nnc(NCCc2ccccc2)s1. The summed E-state index contributed by atoms with van der Waals surface area (Å²) in [4.78, 5) is 11.8. The molecule has 1 unspecified atom stereocenters. The molecule has 0 aliphatic carbocycles. The second-order valence-electron chi connectivity index (χ2n) is 5.58. The lowest BCUT2D eigenvalue weighted by Crippen LogP contribution is -2.33. The zero-order valence-corrected chi connectivity index (χ0v) is 15.8. The van der Waals surface area contributed by atoms with Gasteiger partial charge < -0.3 is 10.6 Å². The molecule has 2 N–H and O–H groups in total. The van der Waals surface area contributed by atoms with Gasteiger partial charge in [0.25, 0.3) is 0 Å². The first kappa shape index (κ1) is 18.7. The van der Waals surface area contributed by atoms with Gasteiger partial charge in [-0.3, -0.25) is 4.79 Å². The van der Waals surface area contributed by atoms with Gasteiger partial charge in [0.2, 0.25) is 11.0 Å². The number of benzene rings is 1. The van der Waals surface area contributed by atoms with E-state index in [1.54, 1.807) is 0 Å². The van der Waals surface area contributed by atoms with Crippen molar-refractivity contribution >= 4 is 34.1 Å². The van der Waals surface area contributed by atoms with E-state index in [-0.39, 0.29) is 11.9 Å². The summed E-state index contributed by atoms with van der Waals surface area (Å²) in [5.41, 5.74) is 1.29. The zero-order valence-electron chi connectivity index (χ0n) is 14.1. The first-order chi connectivity index (χ1) is 11.7. The molecule has 130 valence electrons. The number of nitrogens with zero attached hydrogens (tertiary/aromatic N) is 2. The van der Waals surface area contributed by atoms with Gasteiger partial charge in [0.1, 0.15) is 0 Å². The maximum absolute atomic E-state index is 11.8. The van der Waals surface area contributed by atoms with Crippen LogP contribution >= 0.6 is 23.1 Å². The molecule has 1 aromatic heterocycles. The van der Waals surface area contributed by atoms with Gasteiger partial charge in [-0.2, -0.15) is 0 Å². The number of amides is 1.